The molecule has 3 aromatic rings. The van der Waals surface area contributed by atoms with E-state index in [0.29, 0.717) is 11.8 Å². The molecule has 1 N–H and O–H groups in total. The molecule has 2 heterocycles. The molecule has 0 aliphatic carbocycles. The first-order chi connectivity index (χ1) is 11.4. The summed E-state index contributed by atoms with van der Waals surface area (Å²) < 4.78 is 10.8. The first-order valence-corrected chi connectivity index (χ1v) is 7.76. The van der Waals surface area contributed by atoms with Gasteiger partial charge in [-0.3, -0.25) is 0 Å². The van der Waals surface area contributed by atoms with Gasteiger partial charge in [0.25, 0.3) is 11.8 Å². The van der Waals surface area contributed by atoms with Crippen molar-refractivity contribution in [2.24, 2.45) is 0 Å². The highest BCUT2D eigenvalue weighted by Gasteiger charge is 2.12. The molecule has 1 aliphatic rings. The van der Waals surface area contributed by atoms with Gasteiger partial charge in [-0.15, -0.1) is 0 Å². The second-order valence-electron chi connectivity index (χ2n) is 5.51. The standard InChI is InChI=1S/C18H17N3O2/c1-2-4-14(5-3-1)17-20-18(21-23-17)19-10-8-13-6-7-16-15(12-13)9-11-22-16/h1-7,12H,8-11H2,(H,19,21). The number of nitrogens with zero attached hydrogens (tertiary/aromatic N) is 2. The molecule has 0 unspecified atom stereocenters. The van der Waals surface area contributed by atoms with Crippen molar-refractivity contribution in [2.45, 2.75) is 12.8 Å². The van der Waals surface area contributed by atoms with Crippen molar-refractivity contribution in [1.29, 1.82) is 0 Å². The van der Waals surface area contributed by atoms with Crippen molar-refractivity contribution in [3.05, 3.63) is 59.7 Å². The van der Waals surface area contributed by atoms with E-state index in [2.05, 4.69) is 33.7 Å². The second-order valence-corrected chi connectivity index (χ2v) is 5.51. The monoisotopic (exact) mass is 307 g/mol. The largest absolute Gasteiger partial charge is 0.493 e. The summed E-state index contributed by atoms with van der Waals surface area (Å²) >= 11 is 0. The van der Waals surface area contributed by atoms with Gasteiger partial charge < -0.3 is 14.6 Å². The Morgan fingerprint density at radius 2 is 2.00 bits per heavy atom. The van der Waals surface area contributed by atoms with Crippen LogP contribution in [0, 0.1) is 0 Å². The summed E-state index contributed by atoms with van der Waals surface area (Å²) in [6.45, 7) is 1.55. The van der Waals surface area contributed by atoms with E-state index in [1.807, 2.05) is 30.3 Å². The third kappa shape index (κ3) is 3.04. The second kappa shape index (κ2) is 6.12. The topological polar surface area (TPSA) is 60.2 Å². The van der Waals surface area contributed by atoms with Crippen molar-refractivity contribution >= 4 is 5.95 Å². The molecule has 0 amide bonds. The number of benzene rings is 2. The predicted octanol–water partition coefficient (Wildman–Crippen LogP) is 3.33. The quantitative estimate of drug-likeness (QED) is 0.783. The Hall–Kier alpha value is -2.82. The van der Waals surface area contributed by atoms with Gasteiger partial charge in [0.15, 0.2) is 0 Å². The first kappa shape index (κ1) is 13.8. The minimum Gasteiger partial charge on any atom is -0.493 e. The fourth-order valence-corrected chi connectivity index (χ4v) is 2.71. The summed E-state index contributed by atoms with van der Waals surface area (Å²) in [5, 5.41) is 7.17. The lowest BCUT2D eigenvalue weighted by atomic mass is 10.1. The van der Waals surface area contributed by atoms with E-state index in [1.165, 1.54) is 11.1 Å². The Balaban J connectivity index is 1.36. The van der Waals surface area contributed by atoms with Gasteiger partial charge in [0.05, 0.1) is 6.61 Å². The number of nitrogens with one attached hydrogen (secondary N) is 1. The fraction of sp³-hybridized carbons (Fsp3) is 0.222. The summed E-state index contributed by atoms with van der Waals surface area (Å²) in [4.78, 5) is 4.36. The van der Waals surface area contributed by atoms with E-state index in [1.54, 1.807) is 0 Å². The number of fused-ring (bicyclic) bond motifs is 1. The minimum atomic E-state index is 0.522. The molecule has 23 heavy (non-hydrogen) atoms. The molecule has 0 atom stereocenters. The zero-order chi connectivity index (χ0) is 15.5. The summed E-state index contributed by atoms with van der Waals surface area (Å²) in [7, 11) is 0. The van der Waals surface area contributed by atoms with Crippen molar-refractivity contribution < 1.29 is 9.26 Å². The molecule has 4 rings (SSSR count). The lowest BCUT2D eigenvalue weighted by molar-refractivity contribution is 0.357. The molecule has 5 nitrogen and oxygen atoms in total. The maximum absolute atomic E-state index is 5.52. The highest BCUT2D eigenvalue weighted by molar-refractivity contribution is 5.53. The van der Waals surface area contributed by atoms with E-state index >= 15 is 0 Å². The van der Waals surface area contributed by atoms with Crippen LogP contribution in [0.25, 0.3) is 11.5 Å². The number of aromatic nitrogens is 2. The highest BCUT2D eigenvalue weighted by atomic mass is 16.5. The first-order valence-electron chi connectivity index (χ1n) is 7.76. The molecule has 1 aliphatic heterocycles. The van der Waals surface area contributed by atoms with E-state index in [0.717, 1.165) is 37.3 Å². The normalized spacial score (nSPS) is 12.7. The molecule has 0 saturated carbocycles. The number of ether oxygens (including phenoxy) is 1. The number of hydrogen-bond acceptors (Lipinski definition) is 5. The molecule has 0 spiro atoms. The molecule has 116 valence electrons. The van der Waals surface area contributed by atoms with E-state index in [9.17, 15) is 0 Å². The zero-order valence-electron chi connectivity index (χ0n) is 12.7. The summed E-state index contributed by atoms with van der Waals surface area (Å²) in [6, 6.07) is 16.1. The molecule has 5 heteroatoms. The predicted molar refractivity (Wildman–Crippen MR) is 87.6 cm³/mol. The van der Waals surface area contributed by atoms with Crippen molar-refractivity contribution in [3.63, 3.8) is 0 Å². The van der Waals surface area contributed by atoms with Crippen LogP contribution in [0.15, 0.2) is 53.1 Å². The molecule has 0 saturated heterocycles. The number of anilines is 1. The summed E-state index contributed by atoms with van der Waals surface area (Å²) in [5.74, 6) is 2.07. The van der Waals surface area contributed by atoms with Gasteiger partial charge in [0.1, 0.15) is 5.75 Å². The molecule has 2 aromatic carbocycles. The van der Waals surface area contributed by atoms with Gasteiger partial charge in [-0.25, -0.2) is 0 Å². The van der Waals surface area contributed by atoms with Gasteiger partial charge in [-0.05, 0) is 40.9 Å². The molecule has 1 aromatic heterocycles. The van der Waals surface area contributed by atoms with Crippen LogP contribution >= 0.6 is 0 Å². The fourth-order valence-electron chi connectivity index (χ4n) is 2.71. The molecule has 0 bridgehead atoms. The maximum Gasteiger partial charge on any atom is 0.263 e. The lowest BCUT2D eigenvalue weighted by Gasteiger charge is -2.04. The van der Waals surface area contributed by atoms with E-state index < -0.39 is 0 Å². The van der Waals surface area contributed by atoms with Crippen molar-refractivity contribution in [3.8, 4) is 17.2 Å². The molecule has 0 radical (unpaired) electrons. The van der Waals surface area contributed by atoms with Gasteiger partial charge in [0.2, 0.25) is 0 Å². The van der Waals surface area contributed by atoms with Crippen LogP contribution in [0.3, 0.4) is 0 Å². The average molecular weight is 307 g/mol. The van der Waals surface area contributed by atoms with Gasteiger partial charge in [-0.2, -0.15) is 4.98 Å². The van der Waals surface area contributed by atoms with Gasteiger partial charge in [-0.1, -0.05) is 30.3 Å². The van der Waals surface area contributed by atoms with Crippen molar-refractivity contribution in [1.82, 2.24) is 10.1 Å². The average Bonchev–Trinajstić information content (AvgIpc) is 3.24. The SMILES string of the molecule is c1ccc(-c2nc(NCCc3ccc4c(c3)CCO4)no2)cc1. The third-order valence-corrected chi connectivity index (χ3v) is 3.90. The molecular weight excluding hydrogens is 290 g/mol. The van der Waals surface area contributed by atoms with Crippen LogP contribution < -0.4 is 10.1 Å². The summed E-state index contributed by atoms with van der Waals surface area (Å²) in [5.41, 5.74) is 3.51. The number of hydrogen-bond donors (Lipinski definition) is 1. The third-order valence-electron chi connectivity index (χ3n) is 3.90. The molecule has 0 fully saturated rings. The smallest absolute Gasteiger partial charge is 0.263 e. The van der Waals surface area contributed by atoms with Crippen LogP contribution in [0.2, 0.25) is 0 Å². The minimum absolute atomic E-state index is 0.522. The lowest BCUT2D eigenvalue weighted by Crippen LogP contribution is -2.06. The number of rotatable bonds is 5. The molecular formula is C18H17N3O2. The van der Waals surface area contributed by atoms with Crippen LogP contribution in [0.4, 0.5) is 5.95 Å². The van der Waals surface area contributed by atoms with Gasteiger partial charge >= 0.3 is 0 Å². The summed E-state index contributed by atoms with van der Waals surface area (Å²) in [6.07, 6.45) is 1.91. The zero-order valence-corrected chi connectivity index (χ0v) is 12.7. The van der Waals surface area contributed by atoms with Crippen LogP contribution in [0.1, 0.15) is 11.1 Å². The van der Waals surface area contributed by atoms with E-state index in [4.69, 9.17) is 9.26 Å². The van der Waals surface area contributed by atoms with Crippen LogP contribution in [-0.4, -0.2) is 23.3 Å². The Morgan fingerprint density at radius 3 is 2.91 bits per heavy atom. The Labute approximate surface area is 134 Å². The highest BCUT2D eigenvalue weighted by Crippen LogP contribution is 2.26. The van der Waals surface area contributed by atoms with Crippen molar-refractivity contribution in [2.75, 3.05) is 18.5 Å². The van der Waals surface area contributed by atoms with Gasteiger partial charge in [0, 0.05) is 18.5 Å². The van der Waals surface area contributed by atoms with Crippen LogP contribution in [-0.2, 0) is 12.8 Å². The Kier molecular flexibility index (Phi) is 3.68. The Bertz CT molecular complexity index is 799. The van der Waals surface area contributed by atoms with Crippen LogP contribution in [0.5, 0.6) is 5.75 Å². The van der Waals surface area contributed by atoms with E-state index in [-0.39, 0.29) is 0 Å². The Morgan fingerprint density at radius 1 is 1.09 bits per heavy atom. The maximum atomic E-state index is 5.52.